The average molecular weight is 403 g/mol. The number of para-hydroxylation sites is 1. The largest absolute Gasteiger partial charge is 0.488 e. The van der Waals surface area contributed by atoms with Crippen molar-refractivity contribution in [2.24, 2.45) is 0 Å². The van der Waals surface area contributed by atoms with E-state index < -0.39 is 5.97 Å². The third-order valence-corrected chi connectivity index (χ3v) is 4.78. The second-order valence-electron chi connectivity index (χ2n) is 6.94. The van der Waals surface area contributed by atoms with Gasteiger partial charge in [-0.3, -0.25) is 9.78 Å². The predicted molar refractivity (Wildman–Crippen MR) is 111 cm³/mol. The zero-order valence-corrected chi connectivity index (χ0v) is 16.8. The number of nitrogens with zero attached hydrogens (tertiary/aromatic N) is 1. The fourth-order valence-corrected chi connectivity index (χ4v) is 3.37. The van der Waals surface area contributed by atoms with Crippen LogP contribution in [-0.2, 0) is 16.1 Å². The van der Waals surface area contributed by atoms with Gasteiger partial charge in [-0.2, -0.15) is 0 Å². The van der Waals surface area contributed by atoms with Crippen LogP contribution in [0, 0.1) is 6.92 Å². The molecule has 6 heteroatoms. The Morgan fingerprint density at radius 1 is 1.13 bits per heavy atom. The number of fused-ring (bicyclic) bond motifs is 3. The van der Waals surface area contributed by atoms with Crippen LogP contribution in [0.25, 0.3) is 11.3 Å². The molecule has 2 aromatic carbocycles. The molecule has 0 saturated heterocycles. The minimum absolute atomic E-state index is 0.230. The number of ether oxygens (including phenoxy) is 3. The molecule has 152 valence electrons. The van der Waals surface area contributed by atoms with Crippen LogP contribution < -0.4 is 9.47 Å². The Bertz CT molecular complexity index is 1120. The highest BCUT2D eigenvalue weighted by molar-refractivity contribution is 6.11. The Kier molecular flexibility index (Phi) is 5.48. The van der Waals surface area contributed by atoms with Crippen molar-refractivity contribution in [3.63, 3.8) is 0 Å². The average Bonchev–Trinajstić information content (AvgIpc) is 2.77. The highest BCUT2D eigenvalue weighted by Gasteiger charge is 2.22. The molecule has 1 aromatic heterocycles. The van der Waals surface area contributed by atoms with Gasteiger partial charge < -0.3 is 14.2 Å². The Morgan fingerprint density at radius 3 is 2.80 bits per heavy atom. The molecule has 0 N–H and O–H groups in total. The first-order valence-corrected chi connectivity index (χ1v) is 9.71. The lowest BCUT2D eigenvalue weighted by Crippen LogP contribution is -2.16. The number of pyridine rings is 1. The van der Waals surface area contributed by atoms with Crippen LogP contribution in [0.4, 0.5) is 0 Å². The van der Waals surface area contributed by atoms with Gasteiger partial charge in [-0.1, -0.05) is 23.8 Å². The summed E-state index contributed by atoms with van der Waals surface area (Å²) in [5.74, 6) is 0.400. The number of hydrogen-bond donors (Lipinski definition) is 0. The molecule has 1 aliphatic rings. The van der Waals surface area contributed by atoms with E-state index in [0.717, 1.165) is 28.1 Å². The van der Waals surface area contributed by atoms with Crippen LogP contribution in [0.5, 0.6) is 11.5 Å². The first-order chi connectivity index (χ1) is 14.6. The molecule has 0 unspecified atom stereocenters. The standard InChI is InChI=1S/C24H21NO5/c1-3-28-22(26)14-30-21-9-8-15(2)10-19(21)24(27)16-11-17-13-29-20-7-5-4-6-18(20)23(17)25-12-16/h4-12H,3,13-14H2,1-2H3. The molecule has 1 aliphatic heterocycles. The minimum Gasteiger partial charge on any atom is -0.488 e. The van der Waals surface area contributed by atoms with E-state index in [1.54, 1.807) is 31.3 Å². The van der Waals surface area contributed by atoms with E-state index in [9.17, 15) is 9.59 Å². The molecule has 4 rings (SSSR count). The van der Waals surface area contributed by atoms with Crippen LogP contribution in [-0.4, -0.2) is 30.0 Å². The molecule has 6 nitrogen and oxygen atoms in total. The molecule has 30 heavy (non-hydrogen) atoms. The quantitative estimate of drug-likeness (QED) is 0.455. The first kappa shape index (κ1) is 19.6. The molecule has 3 aromatic rings. The van der Waals surface area contributed by atoms with Crippen LogP contribution in [0.3, 0.4) is 0 Å². The smallest absolute Gasteiger partial charge is 0.344 e. The number of carbonyl (C=O) groups is 2. The minimum atomic E-state index is -0.484. The number of aromatic nitrogens is 1. The van der Waals surface area contributed by atoms with Crippen molar-refractivity contribution >= 4 is 11.8 Å². The first-order valence-electron chi connectivity index (χ1n) is 9.71. The van der Waals surface area contributed by atoms with Crippen molar-refractivity contribution in [3.8, 4) is 22.8 Å². The van der Waals surface area contributed by atoms with Gasteiger partial charge in [-0.15, -0.1) is 0 Å². The summed E-state index contributed by atoms with van der Waals surface area (Å²) in [5, 5.41) is 0. The van der Waals surface area contributed by atoms with Crippen molar-refractivity contribution in [3.05, 3.63) is 77.0 Å². The van der Waals surface area contributed by atoms with Crippen LogP contribution >= 0.6 is 0 Å². The third-order valence-electron chi connectivity index (χ3n) is 4.78. The molecule has 2 heterocycles. The van der Waals surface area contributed by atoms with Crippen LogP contribution in [0.1, 0.15) is 34.0 Å². The monoisotopic (exact) mass is 403 g/mol. The van der Waals surface area contributed by atoms with E-state index in [-0.39, 0.29) is 19.0 Å². The van der Waals surface area contributed by atoms with E-state index in [2.05, 4.69) is 4.98 Å². The summed E-state index contributed by atoms with van der Waals surface area (Å²) >= 11 is 0. The molecule has 0 radical (unpaired) electrons. The zero-order chi connectivity index (χ0) is 21.1. The van der Waals surface area contributed by atoms with E-state index >= 15 is 0 Å². The van der Waals surface area contributed by atoms with Crippen LogP contribution in [0.15, 0.2) is 54.7 Å². The summed E-state index contributed by atoms with van der Waals surface area (Å²) in [7, 11) is 0. The van der Waals surface area contributed by atoms with E-state index in [1.165, 1.54) is 0 Å². The summed E-state index contributed by atoms with van der Waals surface area (Å²) in [4.78, 5) is 29.4. The number of carbonyl (C=O) groups excluding carboxylic acids is 2. The van der Waals surface area contributed by atoms with E-state index in [1.807, 2.05) is 37.3 Å². The van der Waals surface area contributed by atoms with Crippen molar-refractivity contribution < 1.29 is 23.8 Å². The Balaban J connectivity index is 1.64. The maximum Gasteiger partial charge on any atom is 0.344 e. The van der Waals surface area contributed by atoms with Gasteiger partial charge in [0.15, 0.2) is 12.4 Å². The molecule has 0 aliphatic carbocycles. The molecule has 0 atom stereocenters. The van der Waals surface area contributed by atoms with Gasteiger partial charge in [-0.25, -0.2) is 4.79 Å². The lowest BCUT2D eigenvalue weighted by atomic mass is 9.97. The third kappa shape index (κ3) is 3.89. The molecule has 0 fully saturated rings. The molecule has 0 bridgehead atoms. The molecular weight excluding hydrogens is 382 g/mol. The Hall–Kier alpha value is -3.67. The lowest BCUT2D eigenvalue weighted by molar-refractivity contribution is -0.145. The summed E-state index contributed by atoms with van der Waals surface area (Å²) in [6.45, 7) is 3.98. The van der Waals surface area contributed by atoms with Crippen molar-refractivity contribution in [1.82, 2.24) is 4.98 Å². The fourth-order valence-electron chi connectivity index (χ4n) is 3.37. The number of benzene rings is 2. The molecule has 0 amide bonds. The van der Waals surface area contributed by atoms with Gasteiger partial charge >= 0.3 is 5.97 Å². The Morgan fingerprint density at radius 2 is 1.97 bits per heavy atom. The van der Waals surface area contributed by atoms with Gasteiger partial charge in [0, 0.05) is 22.9 Å². The van der Waals surface area contributed by atoms with Gasteiger partial charge in [-0.05, 0) is 44.2 Å². The molecule has 0 saturated carbocycles. The van der Waals surface area contributed by atoms with Gasteiger partial charge in [0.25, 0.3) is 0 Å². The molecule has 0 spiro atoms. The number of esters is 1. The van der Waals surface area contributed by atoms with E-state index in [0.29, 0.717) is 23.5 Å². The number of ketones is 1. The fraction of sp³-hybridized carbons (Fsp3) is 0.208. The van der Waals surface area contributed by atoms with E-state index in [4.69, 9.17) is 14.2 Å². The number of aryl methyl sites for hydroxylation is 1. The van der Waals surface area contributed by atoms with Crippen LogP contribution in [0.2, 0.25) is 0 Å². The lowest BCUT2D eigenvalue weighted by Gasteiger charge is -2.20. The summed E-state index contributed by atoms with van der Waals surface area (Å²) in [6.07, 6.45) is 1.57. The maximum absolute atomic E-state index is 13.2. The predicted octanol–water partition coefficient (Wildman–Crippen LogP) is 4.12. The van der Waals surface area contributed by atoms with Crippen molar-refractivity contribution in [1.29, 1.82) is 0 Å². The number of hydrogen-bond acceptors (Lipinski definition) is 6. The highest BCUT2D eigenvalue weighted by Crippen LogP contribution is 2.36. The second kappa shape index (κ2) is 8.37. The zero-order valence-electron chi connectivity index (χ0n) is 16.8. The SMILES string of the molecule is CCOC(=O)COc1ccc(C)cc1C(=O)c1cnc2c(c1)COc1ccccc1-2. The summed E-state index contributed by atoms with van der Waals surface area (Å²) in [6, 6.07) is 14.8. The topological polar surface area (TPSA) is 74.7 Å². The highest BCUT2D eigenvalue weighted by atomic mass is 16.6. The number of rotatable bonds is 6. The molecular formula is C24H21NO5. The second-order valence-corrected chi connectivity index (χ2v) is 6.94. The van der Waals surface area contributed by atoms with Gasteiger partial charge in [0.05, 0.1) is 17.9 Å². The van der Waals surface area contributed by atoms with Crippen molar-refractivity contribution in [2.45, 2.75) is 20.5 Å². The van der Waals surface area contributed by atoms with Crippen molar-refractivity contribution in [2.75, 3.05) is 13.2 Å². The van der Waals surface area contributed by atoms with Gasteiger partial charge in [0.1, 0.15) is 18.1 Å². The summed E-state index contributed by atoms with van der Waals surface area (Å²) in [5.41, 5.74) is 4.29. The maximum atomic E-state index is 13.2. The summed E-state index contributed by atoms with van der Waals surface area (Å²) < 4.78 is 16.3. The Labute approximate surface area is 174 Å². The normalized spacial score (nSPS) is 11.7. The van der Waals surface area contributed by atoms with Gasteiger partial charge in [0.2, 0.25) is 0 Å².